The van der Waals surface area contributed by atoms with Crippen molar-refractivity contribution in [2.75, 3.05) is 24.5 Å². The highest BCUT2D eigenvalue weighted by molar-refractivity contribution is 6.00. The highest BCUT2D eigenvalue weighted by Gasteiger charge is 2.51. The van der Waals surface area contributed by atoms with Crippen LogP contribution < -0.4 is 10.2 Å². The third-order valence-electron chi connectivity index (χ3n) is 4.68. The lowest BCUT2D eigenvalue weighted by Crippen LogP contribution is -2.44. The molecule has 0 spiro atoms. The van der Waals surface area contributed by atoms with E-state index in [0.29, 0.717) is 12.5 Å². The maximum Gasteiger partial charge on any atom is 0.335 e. The number of piperidine rings is 1. The number of carboxylic acid groups (broad SMARTS) is 1. The van der Waals surface area contributed by atoms with Crippen molar-refractivity contribution in [2.24, 2.45) is 11.3 Å². The number of hydrogen-bond acceptors (Lipinski definition) is 3. The van der Waals surface area contributed by atoms with Gasteiger partial charge in [-0.25, -0.2) is 4.79 Å². The highest BCUT2D eigenvalue weighted by atomic mass is 16.4. The molecule has 0 radical (unpaired) electrons. The average Bonchev–Trinajstić information content (AvgIpc) is 2.72. The van der Waals surface area contributed by atoms with Crippen molar-refractivity contribution in [3.05, 3.63) is 29.8 Å². The predicted octanol–water partition coefficient (Wildman–Crippen LogP) is 1.35. The fourth-order valence-corrected chi connectivity index (χ4v) is 3.22. The van der Waals surface area contributed by atoms with Gasteiger partial charge in [0.05, 0.1) is 11.0 Å². The number of rotatable bonds is 2. The molecule has 5 nitrogen and oxygen atoms in total. The second-order valence-electron chi connectivity index (χ2n) is 5.84. The van der Waals surface area contributed by atoms with E-state index in [9.17, 15) is 9.59 Å². The first-order chi connectivity index (χ1) is 9.52. The lowest BCUT2D eigenvalue weighted by Gasteiger charge is -2.33. The van der Waals surface area contributed by atoms with Gasteiger partial charge in [-0.3, -0.25) is 4.79 Å². The normalized spacial score (nSPS) is 29.4. The molecule has 2 heterocycles. The van der Waals surface area contributed by atoms with E-state index in [4.69, 9.17) is 5.11 Å². The molecular formula is C15H18N2O3. The number of fused-ring (bicyclic) bond motifs is 1. The van der Waals surface area contributed by atoms with Crippen molar-refractivity contribution in [1.82, 2.24) is 5.32 Å². The number of benzene rings is 1. The van der Waals surface area contributed by atoms with Crippen LogP contribution in [0.3, 0.4) is 0 Å². The van der Waals surface area contributed by atoms with Gasteiger partial charge in [0, 0.05) is 24.7 Å². The van der Waals surface area contributed by atoms with E-state index in [-0.39, 0.29) is 16.9 Å². The summed E-state index contributed by atoms with van der Waals surface area (Å²) in [4.78, 5) is 25.3. The van der Waals surface area contributed by atoms with Gasteiger partial charge in [0.15, 0.2) is 0 Å². The first-order valence-electron chi connectivity index (χ1n) is 6.88. The van der Waals surface area contributed by atoms with E-state index in [1.807, 2.05) is 6.92 Å². The number of carbonyl (C=O) groups is 2. The molecule has 0 bridgehead atoms. The Bertz CT molecular complexity index is 555. The standard InChI is InChI=1S/C15H18N2O3/c1-15-6-7-16-8-11(15)9-17(14(15)20)12-4-2-10(3-5-12)13(18)19/h2-5,11,16H,6-9H2,1H3,(H,18,19)/t11-,15-/m1/s1. The molecule has 5 heteroatoms. The zero-order valence-electron chi connectivity index (χ0n) is 11.4. The van der Waals surface area contributed by atoms with Crippen LogP contribution in [0.5, 0.6) is 0 Å². The SMILES string of the molecule is C[C@@]12CCNC[C@@H]1CN(c1ccc(C(=O)O)cc1)C2=O. The van der Waals surface area contributed by atoms with Crippen LogP contribution in [-0.4, -0.2) is 36.6 Å². The zero-order chi connectivity index (χ0) is 14.3. The molecule has 1 aromatic rings. The largest absolute Gasteiger partial charge is 0.478 e. The maximum absolute atomic E-state index is 12.7. The Morgan fingerprint density at radius 3 is 2.70 bits per heavy atom. The molecule has 0 saturated carbocycles. The van der Waals surface area contributed by atoms with Gasteiger partial charge in [0.2, 0.25) is 5.91 Å². The fraction of sp³-hybridized carbons (Fsp3) is 0.467. The van der Waals surface area contributed by atoms with Crippen LogP contribution in [-0.2, 0) is 4.79 Å². The van der Waals surface area contributed by atoms with E-state index in [1.54, 1.807) is 29.2 Å². The molecule has 2 aliphatic heterocycles. The third-order valence-corrected chi connectivity index (χ3v) is 4.68. The molecule has 1 amide bonds. The van der Waals surface area contributed by atoms with Gasteiger partial charge in [-0.05, 0) is 37.2 Å². The van der Waals surface area contributed by atoms with E-state index in [2.05, 4.69) is 5.32 Å². The molecule has 106 valence electrons. The van der Waals surface area contributed by atoms with Gasteiger partial charge in [-0.1, -0.05) is 6.92 Å². The van der Waals surface area contributed by atoms with Crippen LogP contribution in [0.4, 0.5) is 5.69 Å². The first kappa shape index (κ1) is 13.1. The minimum atomic E-state index is -0.950. The predicted molar refractivity (Wildman–Crippen MR) is 74.8 cm³/mol. The van der Waals surface area contributed by atoms with Crippen molar-refractivity contribution < 1.29 is 14.7 Å². The quantitative estimate of drug-likeness (QED) is 0.854. The minimum absolute atomic E-state index is 0.159. The van der Waals surface area contributed by atoms with Crippen molar-refractivity contribution in [3.8, 4) is 0 Å². The second kappa shape index (κ2) is 4.59. The van der Waals surface area contributed by atoms with E-state index in [1.165, 1.54) is 0 Å². The Morgan fingerprint density at radius 2 is 2.10 bits per heavy atom. The Morgan fingerprint density at radius 1 is 1.40 bits per heavy atom. The summed E-state index contributed by atoms with van der Waals surface area (Å²) < 4.78 is 0. The molecule has 2 aliphatic rings. The van der Waals surface area contributed by atoms with Crippen molar-refractivity contribution in [1.29, 1.82) is 0 Å². The number of hydrogen-bond donors (Lipinski definition) is 2. The summed E-state index contributed by atoms with van der Waals surface area (Å²) in [5.74, 6) is -0.468. The maximum atomic E-state index is 12.7. The van der Waals surface area contributed by atoms with Crippen LogP contribution in [0.1, 0.15) is 23.7 Å². The van der Waals surface area contributed by atoms with Crippen LogP contribution >= 0.6 is 0 Å². The molecular weight excluding hydrogens is 256 g/mol. The Hall–Kier alpha value is -1.88. The number of anilines is 1. The molecule has 1 aromatic carbocycles. The summed E-state index contributed by atoms with van der Waals surface area (Å²) in [5.41, 5.74) is 0.748. The monoisotopic (exact) mass is 274 g/mol. The second-order valence-corrected chi connectivity index (χ2v) is 5.84. The summed E-state index contributed by atoms with van der Waals surface area (Å²) in [6, 6.07) is 6.53. The average molecular weight is 274 g/mol. The summed E-state index contributed by atoms with van der Waals surface area (Å²) in [6.45, 7) is 4.50. The molecule has 2 fully saturated rings. The molecule has 2 atom stereocenters. The topological polar surface area (TPSA) is 69.6 Å². The fourth-order valence-electron chi connectivity index (χ4n) is 3.22. The van der Waals surface area contributed by atoms with Crippen molar-refractivity contribution in [3.63, 3.8) is 0 Å². The minimum Gasteiger partial charge on any atom is -0.478 e. The molecule has 0 aromatic heterocycles. The molecule has 0 unspecified atom stereocenters. The van der Waals surface area contributed by atoms with Crippen LogP contribution in [0, 0.1) is 11.3 Å². The Kier molecular flexibility index (Phi) is 3.01. The van der Waals surface area contributed by atoms with Gasteiger partial charge in [0.25, 0.3) is 0 Å². The molecule has 2 N–H and O–H groups in total. The van der Waals surface area contributed by atoms with E-state index >= 15 is 0 Å². The molecule has 3 rings (SSSR count). The smallest absolute Gasteiger partial charge is 0.335 e. The Balaban J connectivity index is 1.88. The van der Waals surface area contributed by atoms with Gasteiger partial charge in [-0.2, -0.15) is 0 Å². The summed E-state index contributed by atoms with van der Waals surface area (Å²) >= 11 is 0. The van der Waals surface area contributed by atoms with Crippen LogP contribution in [0.15, 0.2) is 24.3 Å². The molecule has 2 saturated heterocycles. The van der Waals surface area contributed by atoms with Crippen LogP contribution in [0.25, 0.3) is 0 Å². The van der Waals surface area contributed by atoms with Crippen molar-refractivity contribution in [2.45, 2.75) is 13.3 Å². The highest BCUT2D eigenvalue weighted by Crippen LogP contribution is 2.43. The lowest BCUT2D eigenvalue weighted by molar-refractivity contribution is -0.127. The Labute approximate surface area is 117 Å². The van der Waals surface area contributed by atoms with Crippen LogP contribution in [0.2, 0.25) is 0 Å². The number of carboxylic acids is 1. The van der Waals surface area contributed by atoms with E-state index < -0.39 is 5.97 Å². The van der Waals surface area contributed by atoms with Gasteiger partial charge < -0.3 is 15.3 Å². The van der Waals surface area contributed by atoms with Gasteiger partial charge in [0.1, 0.15) is 0 Å². The third kappa shape index (κ3) is 1.89. The number of nitrogens with zero attached hydrogens (tertiary/aromatic N) is 1. The lowest BCUT2D eigenvalue weighted by atomic mass is 9.74. The van der Waals surface area contributed by atoms with Gasteiger partial charge >= 0.3 is 5.97 Å². The van der Waals surface area contributed by atoms with Crippen molar-refractivity contribution >= 4 is 17.6 Å². The zero-order valence-corrected chi connectivity index (χ0v) is 11.4. The summed E-state index contributed by atoms with van der Waals surface area (Å²) in [7, 11) is 0. The summed E-state index contributed by atoms with van der Waals surface area (Å²) in [6.07, 6.45) is 0.861. The molecule has 0 aliphatic carbocycles. The van der Waals surface area contributed by atoms with Gasteiger partial charge in [-0.15, -0.1) is 0 Å². The number of carbonyl (C=O) groups excluding carboxylic acids is 1. The van der Waals surface area contributed by atoms with E-state index in [0.717, 1.165) is 25.2 Å². The first-order valence-corrected chi connectivity index (χ1v) is 6.88. The summed E-state index contributed by atoms with van der Waals surface area (Å²) in [5, 5.41) is 12.3. The molecule has 20 heavy (non-hydrogen) atoms. The number of aromatic carboxylic acids is 1. The number of amides is 1. The number of nitrogens with one attached hydrogen (secondary N) is 1.